The number of nitrogens with one attached hydrogen (secondary N) is 1. The van der Waals surface area contributed by atoms with Gasteiger partial charge >= 0.3 is 12.0 Å². The first-order valence-corrected chi connectivity index (χ1v) is 7.52. The van der Waals surface area contributed by atoms with Crippen LogP contribution in [0.5, 0.6) is 0 Å². The van der Waals surface area contributed by atoms with Crippen LogP contribution in [0, 0.1) is 5.92 Å². The molecule has 3 amide bonds. The summed E-state index contributed by atoms with van der Waals surface area (Å²) in [7, 11) is 1.63. The van der Waals surface area contributed by atoms with Gasteiger partial charge in [0.25, 0.3) is 0 Å². The van der Waals surface area contributed by atoms with Crippen molar-refractivity contribution in [2.75, 3.05) is 26.7 Å². The van der Waals surface area contributed by atoms with E-state index in [1.807, 2.05) is 0 Å². The minimum Gasteiger partial charge on any atom is -0.481 e. The van der Waals surface area contributed by atoms with Gasteiger partial charge in [0, 0.05) is 38.6 Å². The molecule has 1 saturated carbocycles. The Hall–Kier alpha value is -1.79. The molecule has 2 fully saturated rings. The van der Waals surface area contributed by atoms with Crippen LogP contribution < -0.4 is 5.32 Å². The van der Waals surface area contributed by atoms with Gasteiger partial charge in [-0.25, -0.2) is 4.79 Å². The van der Waals surface area contributed by atoms with Gasteiger partial charge in [0.2, 0.25) is 5.91 Å². The lowest BCUT2D eigenvalue weighted by molar-refractivity contribution is -0.137. The number of hydrogen-bond donors (Lipinski definition) is 2. The molecule has 2 N–H and O–H groups in total. The summed E-state index contributed by atoms with van der Waals surface area (Å²) in [4.78, 5) is 38.2. The van der Waals surface area contributed by atoms with Crippen LogP contribution in [-0.2, 0) is 9.59 Å². The number of rotatable bonds is 5. The predicted molar refractivity (Wildman–Crippen MR) is 75.7 cm³/mol. The molecule has 1 aliphatic heterocycles. The van der Waals surface area contributed by atoms with Crippen LogP contribution in [0.25, 0.3) is 0 Å². The van der Waals surface area contributed by atoms with E-state index in [1.54, 1.807) is 16.8 Å². The number of piperidine rings is 1. The minimum absolute atomic E-state index is 0.0169. The number of urea groups is 1. The summed E-state index contributed by atoms with van der Waals surface area (Å²) in [6.07, 6.45) is 3.24. The summed E-state index contributed by atoms with van der Waals surface area (Å²) in [6, 6.07) is 0.127. The zero-order valence-electron chi connectivity index (χ0n) is 12.4. The van der Waals surface area contributed by atoms with Crippen LogP contribution in [0.15, 0.2) is 0 Å². The highest BCUT2D eigenvalue weighted by Gasteiger charge is 2.36. The highest BCUT2D eigenvalue weighted by Crippen LogP contribution is 2.29. The molecule has 7 nitrogen and oxygen atoms in total. The number of likely N-dealkylation sites (tertiary alicyclic amines) is 1. The molecule has 1 saturated heterocycles. The smallest absolute Gasteiger partial charge is 0.320 e. The van der Waals surface area contributed by atoms with E-state index in [2.05, 4.69) is 5.32 Å². The Bertz CT molecular complexity index is 414. The number of amides is 3. The van der Waals surface area contributed by atoms with Crippen LogP contribution in [0.3, 0.4) is 0 Å². The van der Waals surface area contributed by atoms with E-state index in [0.29, 0.717) is 25.9 Å². The van der Waals surface area contributed by atoms with Gasteiger partial charge in [-0.05, 0) is 25.7 Å². The summed E-state index contributed by atoms with van der Waals surface area (Å²) >= 11 is 0. The third-order valence-corrected chi connectivity index (χ3v) is 4.18. The van der Waals surface area contributed by atoms with Gasteiger partial charge in [0.1, 0.15) is 0 Å². The monoisotopic (exact) mass is 297 g/mol. The van der Waals surface area contributed by atoms with Crippen molar-refractivity contribution in [3.8, 4) is 0 Å². The largest absolute Gasteiger partial charge is 0.481 e. The van der Waals surface area contributed by atoms with Gasteiger partial charge in [0.05, 0.1) is 6.42 Å². The zero-order valence-corrected chi connectivity index (χ0v) is 12.4. The summed E-state index contributed by atoms with van der Waals surface area (Å²) in [6.45, 7) is 1.40. The number of aliphatic carboxylic acids is 1. The van der Waals surface area contributed by atoms with Gasteiger partial charge in [-0.15, -0.1) is 0 Å². The van der Waals surface area contributed by atoms with E-state index in [0.717, 1.165) is 12.8 Å². The summed E-state index contributed by atoms with van der Waals surface area (Å²) in [5.74, 6) is -0.869. The fourth-order valence-corrected chi connectivity index (χ4v) is 2.76. The molecule has 0 aromatic heterocycles. The predicted octanol–water partition coefficient (Wildman–Crippen LogP) is 0.504. The molecule has 0 spiro atoms. The van der Waals surface area contributed by atoms with Crippen LogP contribution in [0.2, 0.25) is 0 Å². The molecule has 0 atom stereocenters. The van der Waals surface area contributed by atoms with Gasteiger partial charge in [0.15, 0.2) is 0 Å². The number of carbonyl (C=O) groups excluding carboxylic acids is 2. The van der Waals surface area contributed by atoms with Gasteiger partial charge < -0.3 is 20.2 Å². The van der Waals surface area contributed by atoms with Crippen molar-refractivity contribution in [2.45, 2.75) is 38.1 Å². The number of carboxylic acid groups (broad SMARTS) is 1. The van der Waals surface area contributed by atoms with E-state index in [-0.39, 0.29) is 36.9 Å². The SMILES string of the molecule is CNC(=O)C1CCN(C(=O)N(CCC(=O)O)C2CC2)CC1. The molecule has 2 aliphatic rings. The highest BCUT2D eigenvalue weighted by molar-refractivity contribution is 5.79. The molecular weight excluding hydrogens is 274 g/mol. The Labute approximate surface area is 124 Å². The Morgan fingerprint density at radius 1 is 1.19 bits per heavy atom. The molecular formula is C14H23N3O4. The van der Waals surface area contributed by atoms with Crippen molar-refractivity contribution in [1.29, 1.82) is 0 Å². The van der Waals surface area contributed by atoms with Crippen molar-refractivity contribution in [3.63, 3.8) is 0 Å². The number of carboxylic acids is 1. The molecule has 2 rings (SSSR count). The van der Waals surface area contributed by atoms with Crippen LogP contribution >= 0.6 is 0 Å². The first-order chi connectivity index (χ1) is 10.0. The number of hydrogen-bond acceptors (Lipinski definition) is 3. The van der Waals surface area contributed by atoms with Crippen molar-refractivity contribution in [1.82, 2.24) is 15.1 Å². The second kappa shape index (κ2) is 6.78. The van der Waals surface area contributed by atoms with Gasteiger partial charge in [-0.2, -0.15) is 0 Å². The van der Waals surface area contributed by atoms with Gasteiger partial charge in [-0.3, -0.25) is 9.59 Å². The lowest BCUT2D eigenvalue weighted by atomic mass is 9.96. The highest BCUT2D eigenvalue weighted by atomic mass is 16.4. The lowest BCUT2D eigenvalue weighted by Gasteiger charge is -2.35. The fourth-order valence-electron chi connectivity index (χ4n) is 2.76. The molecule has 0 aromatic rings. The normalized spacial score (nSPS) is 19.2. The maximum absolute atomic E-state index is 12.5. The number of carbonyl (C=O) groups is 3. The van der Waals surface area contributed by atoms with E-state index >= 15 is 0 Å². The van der Waals surface area contributed by atoms with Crippen molar-refractivity contribution < 1.29 is 19.5 Å². The Morgan fingerprint density at radius 3 is 2.29 bits per heavy atom. The molecule has 1 heterocycles. The van der Waals surface area contributed by atoms with E-state index < -0.39 is 5.97 Å². The minimum atomic E-state index is -0.883. The quantitative estimate of drug-likeness (QED) is 0.773. The van der Waals surface area contributed by atoms with Crippen molar-refractivity contribution in [3.05, 3.63) is 0 Å². The Kier molecular flexibility index (Phi) is 5.03. The average Bonchev–Trinajstić information content (AvgIpc) is 3.31. The number of nitrogens with zero attached hydrogens (tertiary/aromatic N) is 2. The molecule has 0 radical (unpaired) electrons. The molecule has 0 unspecified atom stereocenters. The zero-order chi connectivity index (χ0) is 15.4. The van der Waals surface area contributed by atoms with Crippen molar-refractivity contribution in [2.24, 2.45) is 5.92 Å². The summed E-state index contributed by atoms with van der Waals surface area (Å²) < 4.78 is 0. The average molecular weight is 297 g/mol. The second-order valence-corrected chi connectivity index (χ2v) is 5.73. The van der Waals surface area contributed by atoms with Gasteiger partial charge in [-0.1, -0.05) is 0 Å². The Morgan fingerprint density at radius 2 is 1.81 bits per heavy atom. The third kappa shape index (κ3) is 4.09. The fraction of sp³-hybridized carbons (Fsp3) is 0.786. The molecule has 1 aliphatic carbocycles. The standard InChI is InChI=1S/C14H23N3O4/c1-15-13(20)10-4-7-16(8-5-10)14(21)17(11-2-3-11)9-6-12(18)19/h10-11H,2-9H2,1H3,(H,15,20)(H,18,19). The summed E-state index contributed by atoms with van der Waals surface area (Å²) in [5.41, 5.74) is 0. The molecule has 0 bridgehead atoms. The molecule has 7 heteroatoms. The van der Waals surface area contributed by atoms with E-state index in [4.69, 9.17) is 5.11 Å². The maximum atomic E-state index is 12.5. The van der Waals surface area contributed by atoms with E-state index in [1.165, 1.54) is 0 Å². The van der Waals surface area contributed by atoms with Crippen LogP contribution in [0.4, 0.5) is 4.79 Å². The van der Waals surface area contributed by atoms with Crippen molar-refractivity contribution >= 4 is 17.9 Å². The lowest BCUT2D eigenvalue weighted by Crippen LogP contribution is -2.49. The second-order valence-electron chi connectivity index (χ2n) is 5.73. The first kappa shape index (κ1) is 15.6. The Balaban J connectivity index is 1.87. The molecule has 118 valence electrons. The topological polar surface area (TPSA) is 90.0 Å². The maximum Gasteiger partial charge on any atom is 0.320 e. The summed E-state index contributed by atoms with van der Waals surface area (Å²) in [5, 5.41) is 11.4. The first-order valence-electron chi connectivity index (χ1n) is 7.52. The van der Waals surface area contributed by atoms with E-state index in [9.17, 15) is 14.4 Å². The molecule has 0 aromatic carbocycles. The van der Waals surface area contributed by atoms with Crippen LogP contribution in [-0.4, -0.2) is 65.5 Å². The van der Waals surface area contributed by atoms with Crippen LogP contribution in [0.1, 0.15) is 32.1 Å². The third-order valence-electron chi connectivity index (χ3n) is 4.18. The molecule has 21 heavy (non-hydrogen) atoms.